The molecule has 0 radical (unpaired) electrons. The Morgan fingerprint density at radius 3 is 1.91 bits per heavy atom. The first-order valence-electron chi connectivity index (χ1n) is 9.94. The molecule has 3 rings (SSSR count). The topological polar surface area (TPSA) is 95.9 Å². The van der Waals surface area contributed by atoms with Crippen LogP contribution in [0.3, 0.4) is 0 Å². The number of benzene rings is 2. The zero-order chi connectivity index (χ0) is 23.1. The lowest BCUT2D eigenvalue weighted by Crippen LogP contribution is -2.39. The molecule has 1 heterocycles. The highest BCUT2D eigenvalue weighted by Crippen LogP contribution is 2.29. The number of aromatic nitrogens is 2. The van der Waals surface area contributed by atoms with Crippen molar-refractivity contribution >= 4 is 6.03 Å². The second kappa shape index (κ2) is 10.4. The summed E-state index contributed by atoms with van der Waals surface area (Å²) in [6.45, 7) is 0.286. The van der Waals surface area contributed by atoms with Gasteiger partial charge in [0.05, 0.1) is 28.4 Å². The van der Waals surface area contributed by atoms with Gasteiger partial charge < -0.3 is 34.1 Å². The van der Waals surface area contributed by atoms with E-state index in [9.17, 15) is 4.79 Å². The Labute approximate surface area is 187 Å². The van der Waals surface area contributed by atoms with E-state index in [1.54, 1.807) is 46.8 Å². The number of ether oxygens (including phenoxy) is 4. The molecule has 0 bridgehead atoms. The molecule has 2 aromatic carbocycles. The third kappa shape index (κ3) is 5.42. The van der Waals surface area contributed by atoms with Gasteiger partial charge in [0.15, 0.2) is 0 Å². The van der Waals surface area contributed by atoms with Gasteiger partial charge in [-0.15, -0.1) is 0 Å². The predicted molar refractivity (Wildman–Crippen MR) is 120 cm³/mol. The molecule has 1 aromatic heterocycles. The summed E-state index contributed by atoms with van der Waals surface area (Å²) < 4.78 is 23.2. The van der Waals surface area contributed by atoms with E-state index < -0.39 is 6.04 Å². The van der Waals surface area contributed by atoms with Crippen LogP contribution in [0.5, 0.6) is 23.0 Å². The molecule has 170 valence electrons. The monoisotopic (exact) mass is 440 g/mol. The molecule has 0 saturated carbocycles. The summed E-state index contributed by atoms with van der Waals surface area (Å²) in [4.78, 5) is 17.3. The fourth-order valence-electron chi connectivity index (χ4n) is 3.28. The Balaban J connectivity index is 1.82. The Morgan fingerprint density at radius 2 is 1.44 bits per heavy atom. The van der Waals surface area contributed by atoms with E-state index in [0.717, 1.165) is 11.1 Å². The molecule has 0 saturated heterocycles. The minimum atomic E-state index is -0.529. The molecule has 0 aliphatic rings. The number of imidazole rings is 1. The minimum Gasteiger partial charge on any atom is -0.497 e. The number of hydrogen-bond donors (Lipinski definition) is 2. The van der Waals surface area contributed by atoms with Gasteiger partial charge in [0.25, 0.3) is 0 Å². The number of nitrogens with zero attached hydrogens (tertiary/aromatic N) is 2. The maximum Gasteiger partial charge on any atom is 0.315 e. The van der Waals surface area contributed by atoms with E-state index in [2.05, 4.69) is 15.6 Å². The molecule has 3 aromatic rings. The van der Waals surface area contributed by atoms with Crippen LogP contribution in [0.1, 0.15) is 23.0 Å². The third-order valence-corrected chi connectivity index (χ3v) is 4.96. The van der Waals surface area contributed by atoms with Gasteiger partial charge in [-0.3, -0.25) is 0 Å². The van der Waals surface area contributed by atoms with Crippen LogP contribution in [0.25, 0.3) is 0 Å². The summed E-state index contributed by atoms with van der Waals surface area (Å²) in [5, 5.41) is 5.88. The van der Waals surface area contributed by atoms with Gasteiger partial charge in [-0.05, 0) is 35.4 Å². The Kier molecular flexibility index (Phi) is 7.43. The molecule has 0 fully saturated rings. The van der Waals surface area contributed by atoms with E-state index >= 15 is 0 Å². The summed E-state index contributed by atoms with van der Waals surface area (Å²) >= 11 is 0. The van der Waals surface area contributed by atoms with Crippen LogP contribution >= 0.6 is 0 Å². The summed E-state index contributed by atoms with van der Waals surface area (Å²) in [5.74, 6) is 3.19. The molecule has 2 amide bonds. The molecular formula is C23H28N4O5. The van der Waals surface area contributed by atoms with Crippen molar-refractivity contribution < 1.29 is 23.7 Å². The van der Waals surface area contributed by atoms with Crippen molar-refractivity contribution in [2.75, 3.05) is 28.4 Å². The normalized spacial score (nSPS) is 11.4. The second-order valence-corrected chi connectivity index (χ2v) is 7.02. The van der Waals surface area contributed by atoms with Crippen LogP contribution < -0.4 is 29.6 Å². The zero-order valence-corrected chi connectivity index (χ0v) is 18.8. The first kappa shape index (κ1) is 22.8. The van der Waals surface area contributed by atoms with Crippen molar-refractivity contribution in [2.24, 2.45) is 7.05 Å². The van der Waals surface area contributed by atoms with Gasteiger partial charge in [0.2, 0.25) is 0 Å². The lowest BCUT2D eigenvalue weighted by Gasteiger charge is -2.21. The van der Waals surface area contributed by atoms with Crippen LogP contribution in [-0.4, -0.2) is 44.0 Å². The van der Waals surface area contributed by atoms with Crippen LogP contribution in [0.4, 0.5) is 4.79 Å². The largest absolute Gasteiger partial charge is 0.497 e. The van der Waals surface area contributed by atoms with Crippen molar-refractivity contribution in [1.82, 2.24) is 20.2 Å². The number of carbonyl (C=O) groups is 1. The lowest BCUT2D eigenvalue weighted by molar-refractivity contribution is 0.237. The van der Waals surface area contributed by atoms with E-state index in [0.29, 0.717) is 28.8 Å². The average molecular weight is 441 g/mol. The highest BCUT2D eigenvalue weighted by molar-refractivity contribution is 5.75. The van der Waals surface area contributed by atoms with Crippen LogP contribution in [0.2, 0.25) is 0 Å². The third-order valence-electron chi connectivity index (χ3n) is 4.96. The van der Waals surface area contributed by atoms with Gasteiger partial charge in [0, 0.05) is 38.1 Å². The molecule has 32 heavy (non-hydrogen) atoms. The highest BCUT2D eigenvalue weighted by atomic mass is 16.5. The molecule has 0 spiro atoms. The quantitative estimate of drug-likeness (QED) is 0.531. The van der Waals surface area contributed by atoms with Crippen molar-refractivity contribution in [1.29, 1.82) is 0 Å². The fourth-order valence-corrected chi connectivity index (χ4v) is 3.28. The highest BCUT2D eigenvalue weighted by Gasteiger charge is 2.22. The molecule has 9 nitrogen and oxygen atoms in total. The van der Waals surface area contributed by atoms with E-state index in [4.69, 9.17) is 18.9 Å². The molecule has 2 N–H and O–H groups in total. The number of rotatable bonds is 9. The number of urea groups is 1. The number of methoxy groups -OCH3 is 4. The van der Waals surface area contributed by atoms with Gasteiger partial charge in [-0.25, -0.2) is 9.78 Å². The minimum absolute atomic E-state index is 0.286. The Morgan fingerprint density at radius 1 is 0.906 bits per heavy atom. The maximum atomic E-state index is 12.8. The lowest BCUT2D eigenvalue weighted by atomic mass is 10.1. The second-order valence-electron chi connectivity index (χ2n) is 7.02. The number of hydrogen-bond acceptors (Lipinski definition) is 6. The van der Waals surface area contributed by atoms with Crippen LogP contribution in [-0.2, 0) is 13.6 Å². The molecule has 1 atom stereocenters. The first-order valence-corrected chi connectivity index (χ1v) is 9.94. The molecule has 0 aliphatic carbocycles. The molecule has 0 aliphatic heterocycles. The first-order chi connectivity index (χ1) is 15.5. The SMILES string of the molecule is COc1cc(CNC(=O)NC(c2cc(OC)cc(OC)c2)c2nccn2C)cc(OC)c1. The Hall–Kier alpha value is -3.88. The van der Waals surface area contributed by atoms with Gasteiger partial charge in [-0.2, -0.15) is 0 Å². The van der Waals surface area contributed by atoms with Crippen LogP contribution in [0, 0.1) is 0 Å². The van der Waals surface area contributed by atoms with Gasteiger partial charge in [0.1, 0.15) is 34.9 Å². The number of nitrogens with one attached hydrogen (secondary N) is 2. The van der Waals surface area contributed by atoms with Gasteiger partial charge >= 0.3 is 6.03 Å². The summed E-state index contributed by atoms with van der Waals surface area (Å²) in [5.41, 5.74) is 1.61. The predicted octanol–water partition coefficient (Wildman–Crippen LogP) is 3.04. The van der Waals surface area contributed by atoms with Crippen molar-refractivity contribution in [3.05, 3.63) is 65.7 Å². The zero-order valence-electron chi connectivity index (χ0n) is 18.8. The summed E-state index contributed by atoms with van der Waals surface area (Å²) in [7, 11) is 8.19. The molecular weight excluding hydrogens is 412 g/mol. The standard InChI is InChI=1S/C23H28N4O5/c1-27-7-6-24-22(27)21(16-10-19(31-4)13-20(11-16)32-5)26-23(28)25-14-15-8-17(29-2)12-18(9-15)30-3/h6-13,21H,14H2,1-5H3,(H2,25,26,28). The van der Waals surface area contributed by atoms with E-state index in [-0.39, 0.29) is 12.6 Å². The fraction of sp³-hybridized carbons (Fsp3) is 0.304. The van der Waals surface area contributed by atoms with E-state index in [1.165, 1.54) is 0 Å². The average Bonchev–Trinajstić information content (AvgIpc) is 3.25. The van der Waals surface area contributed by atoms with E-state index in [1.807, 2.05) is 42.1 Å². The summed E-state index contributed by atoms with van der Waals surface area (Å²) in [6.07, 6.45) is 3.50. The smallest absolute Gasteiger partial charge is 0.315 e. The van der Waals surface area contributed by atoms with Crippen molar-refractivity contribution in [2.45, 2.75) is 12.6 Å². The van der Waals surface area contributed by atoms with Gasteiger partial charge in [-0.1, -0.05) is 0 Å². The van der Waals surface area contributed by atoms with Crippen LogP contribution in [0.15, 0.2) is 48.8 Å². The number of aryl methyl sites for hydroxylation is 1. The maximum absolute atomic E-state index is 12.8. The Bertz CT molecular complexity index is 1020. The van der Waals surface area contributed by atoms with Crippen molar-refractivity contribution in [3.8, 4) is 23.0 Å². The summed E-state index contributed by atoms with van der Waals surface area (Å²) in [6, 6.07) is 10.0. The van der Waals surface area contributed by atoms with Crippen molar-refractivity contribution in [3.63, 3.8) is 0 Å². The number of amides is 2. The molecule has 1 unspecified atom stereocenters. The molecule has 9 heteroatoms. The number of carbonyl (C=O) groups excluding carboxylic acids is 1.